The van der Waals surface area contributed by atoms with E-state index in [9.17, 15) is 4.79 Å². The lowest BCUT2D eigenvalue weighted by Crippen LogP contribution is -2.17. The van der Waals surface area contributed by atoms with Crippen LogP contribution in [0.3, 0.4) is 0 Å². The van der Waals surface area contributed by atoms with Gasteiger partial charge in [-0.3, -0.25) is 4.79 Å². The van der Waals surface area contributed by atoms with Crippen LogP contribution >= 0.6 is 0 Å². The van der Waals surface area contributed by atoms with Crippen LogP contribution in [0.2, 0.25) is 0 Å². The Morgan fingerprint density at radius 1 is 1.48 bits per heavy atom. The van der Waals surface area contributed by atoms with Crippen LogP contribution in [0.5, 0.6) is 0 Å². The van der Waals surface area contributed by atoms with Gasteiger partial charge in [0.1, 0.15) is 11.6 Å². The van der Waals surface area contributed by atoms with E-state index in [0.29, 0.717) is 5.56 Å². The van der Waals surface area contributed by atoms with Gasteiger partial charge in [-0.25, -0.2) is 0 Å². The van der Waals surface area contributed by atoms with Crippen molar-refractivity contribution in [3.63, 3.8) is 0 Å². The van der Waals surface area contributed by atoms with Crippen molar-refractivity contribution in [2.24, 2.45) is 0 Å². The molecule has 106 valence electrons. The zero-order valence-electron chi connectivity index (χ0n) is 11.5. The Hall–Kier alpha value is -3.21. The molecular weight excluding hydrogens is 270 g/mol. The molecule has 1 heterocycles. The van der Waals surface area contributed by atoms with Gasteiger partial charge in [-0.15, -0.1) is 10.2 Å². The summed E-state index contributed by atoms with van der Waals surface area (Å²) in [5, 5.41) is 27.8. The van der Waals surface area contributed by atoms with Gasteiger partial charge in [-0.05, 0) is 35.9 Å². The molecule has 0 unspecified atom stereocenters. The molecule has 0 bridgehead atoms. The van der Waals surface area contributed by atoms with Gasteiger partial charge in [0.15, 0.2) is 0 Å². The van der Waals surface area contributed by atoms with Gasteiger partial charge in [-0.1, -0.05) is 0 Å². The van der Waals surface area contributed by atoms with E-state index in [-0.39, 0.29) is 17.3 Å². The fraction of sp³-hybridized carbons (Fsp3) is 0.154. The fourth-order valence-corrected chi connectivity index (χ4v) is 1.68. The van der Waals surface area contributed by atoms with Crippen LogP contribution in [0.25, 0.3) is 5.57 Å². The third-order valence-corrected chi connectivity index (χ3v) is 2.79. The van der Waals surface area contributed by atoms with Gasteiger partial charge >= 0.3 is 0 Å². The van der Waals surface area contributed by atoms with Crippen molar-refractivity contribution in [1.82, 2.24) is 25.9 Å². The molecule has 3 N–H and O–H groups in total. The summed E-state index contributed by atoms with van der Waals surface area (Å²) in [6.45, 7) is 1.86. The number of H-pyrrole nitrogens is 1. The Bertz CT molecular complexity index is 713. The van der Waals surface area contributed by atoms with Gasteiger partial charge in [-0.2, -0.15) is 10.5 Å². The van der Waals surface area contributed by atoms with Crippen molar-refractivity contribution >= 4 is 17.2 Å². The molecule has 0 saturated carbocycles. The number of nitrogens with zero attached hydrogens (tertiary/aromatic N) is 4. The van der Waals surface area contributed by atoms with E-state index in [1.165, 1.54) is 6.20 Å². The third kappa shape index (κ3) is 3.22. The van der Waals surface area contributed by atoms with Gasteiger partial charge in [0.05, 0.1) is 0 Å². The largest absolute Gasteiger partial charge is 0.360 e. The number of allylic oxidation sites excluding steroid dienone is 1. The van der Waals surface area contributed by atoms with Crippen molar-refractivity contribution in [2.75, 3.05) is 12.4 Å². The quantitative estimate of drug-likeness (QED) is 0.715. The number of anilines is 1. The van der Waals surface area contributed by atoms with E-state index in [1.807, 2.05) is 13.0 Å². The predicted molar refractivity (Wildman–Crippen MR) is 76.0 cm³/mol. The summed E-state index contributed by atoms with van der Waals surface area (Å²) >= 11 is 0. The average Bonchev–Trinajstić information content (AvgIpc) is 3.02. The van der Waals surface area contributed by atoms with Crippen molar-refractivity contribution < 1.29 is 4.79 Å². The predicted octanol–water partition coefficient (Wildman–Crippen LogP) is 0.844. The van der Waals surface area contributed by atoms with Crippen LogP contribution in [-0.4, -0.2) is 33.6 Å². The van der Waals surface area contributed by atoms with Crippen LogP contribution in [0.15, 0.2) is 24.4 Å². The number of hydrogen-bond donors (Lipinski definition) is 3. The van der Waals surface area contributed by atoms with Gasteiger partial charge in [0.2, 0.25) is 5.82 Å². The number of benzene rings is 1. The summed E-state index contributed by atoms with van der Waals surface area (Å²) < 4.78 is 0. The monoisotopic (exact) mass is 283 g/mol. The smallest absolute Gasteiger partial charge is 0.251 e. The topological polar surface area (TPSA) is 119 Å². The molecule has 2 aromatic rings. The minimum atomic E-state index is -0.148. The van der Waals surface area contributed by atoms with Crippen LogP contribution in [0.4, 0.5) is 5.69 Å². The molecule has 21 heavy (non-hydrogen) atoms. The maximum Gasteiger partial charge on any atom is 0.251 e. The molecule has 0 atom stereocenters. The number of nitriles is 1. The first-order valence-corrected chi connectivity index (χ1v) is 6.09. The molecule has 0 aliphatic heterocycles. The number of aromatic nitrogens is 4. The number of tetrazole rings is 1. The third-order valence-electron chi connectivity index (χ3n) is 2.79. The maximum atomic E-state index is 11.5. The van der Waals surface area contributed by atoms with Crippen LogP contribution < -0.4 is 10.6 Å². The minimum absolute atomic E-state index is 0.148. The maximum absolute atomic E-state index is 11.5. The highest BCUT2D eigenvalue weighted by Crippen LogP contribution is 2.17. The molecule has 1 aromatic carbocycles. The van der Waals surface area contributed by atoms with Gasteiger partial charge < -0.3 is 10.6 Å². The Morgan fingerprint density at radius 3 is 2.86 bits per heavy atom. The normalized spacial score (nSPS) is 10.8. The van der Waals surface area contributed by atoms with Crippen LogP contribution in [0, 0.1) is 18.3 Å². The Balaban J connectivity index is 2.21. The number of amides is 1. The summed E-state index contributed by atoms with van der Waals surface area (Å²) in [4.78, 5) is 11.5. The summed E-state index contributed by atoms with van der Waals surface area (Å²) in [6.07, 6.45) is 1.49. The van der Waals surface area contributed by atoms with Crippen molar-refractivity contribution in [3.8, 4) is 6.07 Å². The molecule has 0 saturated heterocycles. The lowest BCUT2D eigenvalue weighted by molar-refractivity contribution is 0.0963. The highest BCUT2D eigenvalue weighted by Gasteiger charge is 2.07. The van der Waals surface area contributed by atoms with E-state index >= 15 is 0 Å². The molecule has 1 aromatic heterocycles. The first-order valence-electron chi connectivity index (χ1n) is 6.09. The molecule has 0 fully saturated rings. The van der Waals surface area contributed by atoms with E-state index in [4.69, 9.17) is 5.26 Å². The molecular formula is C13H13N7O. The first kappa shape index (κ1) is 14.2. The van der Waals surface area contributed by atoms with Crippen molar-refractivity contribution in [3.05, 3.63) is 41.4 Å². The lowest BCUT2D eigenvalue weighted by atomic mass is 10.1. The fourth-order valence-electron chi connectivity index (χ4n) is 1.68. The number of carbonyl (C=O) groups is 1. The Kier molecular flexibility index (Phi) is 4.26. The number of hydrogen-bond acceptors (Lipinski definition) is 6. The zero-order chi connectivity index (χ0) is 15.2. The van der Waals surface area contributed by atoms with E-state index < -0.39 is 0 Å². The summed E-state index contributed by atoms with van der Waals surface area (Å²) in [5.74, 6) is 0.0642. The molecule has 2 rings (SSSR count). The number of aromatic amines is 1. The first-order chi connectivity index (χ1) is 10.2. The van der Waals surface area contributed by atoms with Crippen LogP contribution in [0.1, 0.15) is 21.7 Å². The second-order valence-electron chi connectivity index (χ2n) is 4.16. The zero-order valence-corrected chi connectivity index (χ0v) is 11.5. The molecule has 0 radical (unpaired) electrons. The van der Waals surface area contributed by atoms with E-state index in [2.05, 4.69) is 31.3 Å². The molecule has 1 amide bonds. The van der Waals surface area contributed by atoms with Crippen LogP contribution in [-0.2, 0) is 0 Å². The Morgan fingerprint density at radius 2 is 2.29 bits per heavy atom. The SMILES string of the molecule is CNC(=O)c1ccc(NC=C(C#N)c2nn[nH]n2)c(C)c1. The standard InChI is InChI=1S/C13H13N7O/c1-8-5-9(13(21)15-2)3-4-11(8)16-7-10(6-14)12-17-19-20-18-12/h3-5,7,16H,1-2H3,(H,15,21)(H,17,18,19,20). The van der Waals surface area contributed by atoms with E-state index in [1.54, 1.807) is 25.2 Å². The second-order valence-corrected chi connectivity index (χ2v) is 4.16. The lowest BCUT2D eigenvalue weighted by Gasteiger charge is -2.08. The number of rotatable bonds is 4. The summed E-state index contributed by atoms with van der Waals surface area (Å²) in [7, 11) is 1.58. The summed E-state index contributed by atoms with van der Waals surface area (Å²) in [5.41, 5.74) is 2.47. The average molecular weight is 283 g/mol. The second kappa shape index (κ2) is 6.29. The van der Waals surface area contributed by atoms with E-state index in [0.717, 1.165) is 11.3 Å². The van der Waals surface area contributed by atoms with Crippen molar-refractivity contribution in [1.29, 1.82) is 5.26 Å². The number of carbonyl (C=O) groups excluding carboxylic acids is 1. The highest BCUT2D eigenvalue weighted by atomic mass is 16.1. The minimum Gasteiger partial charge on any atom is -0.360 e. The van der Waals surface area contributed by atoms with Gasteiger partial charge in [0, 0.05) is 24.5 Å². The summed E-state index contributed by atoms with van der Waals surface area (Å²) in [6, 6.07) is 7.20. The number of aryl methyl sites for hydroxylation is 1. The molecule has 8 nitrogen and oxygen atoms in total. The molecule has 0 aliphatic rings. The molecule has 0 aliphatic carbocycles. The molecule has 0 spiro atoms. The van der Waals surface area contributed by atoms with Crippen molar-refractivity contribution in [2.45, 2.75) is 6.92 Å². The van der Waals surface area contributed by atoms with Gasteiger partial charge in [0.25, 0.3) is 5.91 Å². The number of nitrogens with one attached hydrogen (secondary N) is 3. The molecule has 8 heteroatoms. The Labute approximate surface area is 120 Å². The highest BCUT2D eigenvalue weighted by molar-refractivity contribution is 5.94.